The Bertz CT molecular complexity index is 319. The fraction of sp³-hybridized carbons (Fsp3) is 0.733. The minimum atomic E-state index is 0.571. The molecule has 1 aromatic heterocycles. The zero-order chi connectivity index (χ0) is 12.3. The molecule has 1 aromatic rings. The van der Waals surface area contributed by atoms with Crippen molar-refractivity contribution in [3.8, 4) is 0 Å². The van der Waals surface area contributed by atoms with Crippen molar-refractivity contribution in [3.05, 3.63) is 22.4 Å². The summed E-state index contributed by atoms with van der Waals surface area (Å²) in [5.41, 5.74) is 2.07. The molecule has 1 nitrogen and oxygen atoms in total. The zero-order valence-corrected chi connectivity index (χ0v) is 12.1. The molecule has 96 valence electrons. The summed E-state index contributed by atoms with van der Waals surface area (Å²) in [7, 11) is 0. The van der Waals surface area contributed by atoms with Crippen LogP contribution in [-0.2, 0) is 0 Å². The molecule has 1 aliphatic rings. The molecule has 0 amide bonds. The van der Waals surface area contributed by atoms with Gasteiger partial charge >= 0.3 is 0 Å². The lowest BCUT2D eigenvalue weighted by atomic mass is 9.70. The van der Waals surface area contributed by atoms with Crippen LogP contribution < -0.4 is 5.32 Å². The Morgan fingerprint density at radius 2 is 2.12 bits per heavy atom. The quantitative estimate of drug-likeness (QED) is 0.823. The standard InChI is InChI=1S/C15H25NS/c1-4-16-14(13-7-10-17-11-13)12-5-8-15(2,3)9-6-12/h7,10-12,14,16H,4-6,8-9H2,1-3H3. The molecular weight excluding hydrogens is 226 g/mol. The highest BCUT2D eigenvalue weighted by Gasteiger charge is 2.31. The number of nitrogens with one attached hydrogen (secondary N) is 1. The number of rotatable bonds is 4. The number of thiophene rings is 1. The highest BCUT2D eigenvalue weighted by molar-refractivity contribution is 7.07. The summed E-state index contributed by atoms with van der Waals surface area (Å²) in [6.07, 6.45) is 5.51. The van der Waals surface area contributed by atoms with Crippen molar-refractivity contribution < 1.29 is 0 Å². The van der Waals surface area contributed by atoms with Gasteiger partial charge in [-0.15, -0.1) is 0 Å². The number of hydrogen-bond donors (Lipinski definition) is 1. The molecule has 1 aliphatic carbocycles. The Balaban J connectivity index is 2.03. The van der Waals surface area contributed by atoms with Crippen LogP contribution in [0.1, 0.15) is 58.1 Å². The third-order valence-electron chi connectivity index (χ3n) is 4.18. The monoisotopic (exact) mass is 251 g/mol. The Morgan fingerprint density at radius 3 is 2.65 bits per heavy atom. The number of hydrogen-bond acceptors (Lipinski definition) is 2. The van der Waals surface area contributed by atoms with Gasteiger partial charge in [0.05, 0.1) is 0 Å². The first-order chi connectivity index (χ1) is 8.12. The first-order valence-corrected chi connectivity index (χ1v) is 7.82. The maximum Gasteiger partial charge on any atom is 0.0356 e. The summed E-state index contributed by atoms with van der Waals surface area (Å²) in [6, 6.07) is 2.87. The maximum absolute atomic E-state index is 3.69. The van der Waals surface area contributed by atoms with Gasteiger partial charge in [-0.1, -0.05) is 20.8 Å². The summed E-state index contributed by atoms with van der Waals surface area (Å²) in [5.74, 6) is 0.831. The van der Waals surface area contributed by atoms with Crippen molar-refractivity contribution >= 4 is 11.3 Å². The molecule has 1 unspecified atom stereocenters. The van der Waals surface area contributed by atoms with Gasteiger partial charge in [0.25, 0.3) is 0 Å². The third kappa shape index (κ3) is 3.32. The van der Waals surface area contributed by atoms with E-state index in [1.807, 2.05) is 11.3 Å². The van der Waals surface area contributed by atoms with Gasteiger partial charge in [-0.25, -0.2) is 0 Å². The highest BCUT2D eigenvalue weighted by atomic mass is 32.1. The van der Waals surface area contributed by atoms with Crippen LogP contribution >= 0.6 is 11.3 Å². The van der Waals surface area contributed by atoms with Gasteiger partial charge in [0, 0.05) is 6.04 Å². The normalized spacial score (nSPS) is 22.5. The van der Waals surface area contributed by atoms with E-state index in [0.717, 1.165) is 12.5 Å². The molecule has 1 heterocycles. The van der Waals surface area contributed by atoms with Gasteiger partial charge in [-0.3, -0.25) is 0 Å². The van der Waals surface area contributed by atoms with E-state index >= 15 is 0 Å². The van der Waals surface area contributed by atoms with Crippen LogP contribution in [0, 0.1) is 11.3 Å². The minimum Gasteiger partial charge on any atom is -0.310 e. The third-order valence-corrected chi connectivity index (χ3v) is 4.88. The van der Waals surface area contributed by atoms with Gasteiger partial charge in [0.1, 0.15) is 0 Å². The molecule has 0 aliphatic heterocycles. The molecule has 0 saturated heterocycles. The van der Waals surface area contributed by atoms with E-state index in [4.69, 9.17) is 0 Å². The zero-order valence-electron chi connectivity index (χ0n) is 11.3. The summed E-state index contributed by atoms with van der Waals surface area (Å²) < 4.78 is 0. The van der Waals surface area contributed by atoms with Crippen LogP contribution in [0.4, 0.5) is 0 Å². The molecule has 0 bridgehead atoms. The summed E-state index contributed by atoms with van der Waals surface area (Å²) >= 11 is 1.82. The van der Waals surface area contributed by atoms with Crippen molar-refractivity contribution in [2.24, 2.45) is 11.3 Å². The van der Waals surface area contributed by atoms with E-state index in [2.05, 4.69) is 42.9 Å². The molecule has 1 atom stereocenters. The summed E-state index contributed by atoms with van der Waals surface area (Å²) in [4.78, 5) is 0. The SMILES string of the molecule is CCNC(c1ccsc1)C1CCC(C)(C)CC1. The Kier molecular flexibility index (Phi) is 4.26. The molecular formula is C15H25NS. The van der Waals surface area contributed by atoms with Crippen LogP contribution in [0.15, 0.2) is 16.8 Å². The van der Waals surface area contributed by atoms with Crippen molar-refractivity contribution in [2.75, 3.05) is 6.54 Å². The predicted octanol–water partition coefficient (Wildman–Crippen LogP) is 4.62. The summed E-state index contributed by atoms with van der Waals surface area (Å²) in [6.45, 7) is 8.11. The Hall–Kier alpha value is -0.340. The lowest BCUT2D eigenvalue weighted by Crippen LogP contribution is -2.32. The van der Waals surface area contributed by atoms with Gasteiger partial charge in [-0.2, -0.15) is 11.3 Å². The van der Waals surface area contributed by atoms with Crippen LogP contribution in [0.25, 0.3) is 0 Å². The second kappa shape index (κ2) is 5.53. The predicted molar refractivity (Wildman–Crippen MR) is 76.5 cm³/mol. The molecule has 0 spiro atoms. The average molecular weight is 251 g/mol. The highest BCUT2D eigenvalue weighted by Crippen LogP contribution is 2.42. The average Bonchev–Trinajstić information content (AvgIpc) is 2.80. The van der Waals surface area contributed by atoms with E-state index in [9.17, 15) is 0 Å². The van der Waals surface area contributed by atoms with E-state index in [-0.39, 0.29) is 0 Å². The topological polar surface area (TPSA) is 12.0 Å². The van der Waals surface area contributed by atoms with E-state index in [1.165, 1.54) is 31.2 Å². The van der Waals surface area contributed by atoms with Gasteiger partial charge in [-0.05, 0) is 66.0 Å². The Labute approximate surface area is 110 Å². The van der Waals surface area contributed by atoms with Gasteiger partial charge in [0.2, 0.25) is 0 Å². The van der Waals surface area contributed by atoms with E-state index < -0.39 is 0 Å². The second-order valence-electron chi connectivity index (χ2n) is 6.09. The van der Waals surface area contributed by atoms with Gasteiger partial charge in [0.15, 0.2) is 0 Å². The fourth-order valence-corrected chi connectivity index (χ4v) is 3.68. The maximum atomic E-state index is 3.69. The van der Waals surface area contributed by atoms with Crippen LogP contribution in [0.2, 0.25) is 0 Å². The smallest absolute Gasteiger partial charge is 0.0356 e. The van der Waals surface area contributed by atoms with Crippen molar-refractivity contribution in [2.45, 2.75) is 52.5 Å². The van der Waals surface area contributed by atoms with Crippen LogP contribution in [-0.4, -0.2) is 6.54 Å². The van der Waals surface area contributed by atoms with Crippen molar-refractivity contribution in [3.63, 3.8) is 0 Å². The lowest BCUT2D eigenvalue weighted by Gasteiger charge is -2.38. The van der Waals surface area contributed by atoms with Crippen LogP contribution in [0.3, 0.4) is 0 Å². The van der Waals surface area contributed by atoms with E-state index in [1.54, 1.807) is 0 Å². The van der Waals surface area contributed by atoms with Crippen molar-refractivity contribution in [1.29, 1.82) is 0 Å². The first kappa shape index (κ1) is 13.1. The molecule has 0 radical (unpaired) electrons. The largest absolute Gasteiger partial charge is 0.310 e. The molecule has 1 saturated carbocycles. The molecule has 2 heteroatoms. The molecule has 17 heavy (non-hydrogen) atoms. The lowest BCUT2D eigenvalue weighted by molar-refractivity contribution is 0.162. The fourth-order valence-electron chi connectivity index (χ4n) is 2.98. The van der Waals surface area contributed by atoms with Crippen molar-refractivity contribution in [1.82, 2.24) is 5.32 Å². The second-order valence-corrected chi connectivity index (χ2v) is 6.87. The van der Waals surface area contributed by atoms with E-state index in [0.29, 0.717) is 11.5 Å². The molecule has 1 N–H and O–H groups in total. The minimum absolute atomic E-state index is 0.571. The van der Waals surface area contributed by atoms with Crippen LogP contribution in [0.5, 0.6) is 0 Å². The molecule has 1 fully saturated rings. The summed E-state index contributed by atoms with van der Waals surface area (Å²) in [5, 5.41) is 8.20. The first-order valence-electron chi connectivity index (χ1n) is 6.88. The van der Waals surface area contributed by atoms with Gasteiger partial charge < -0.3 is 5.32 Å². The molecule has 0 aromatic carbocycles. The Morgan fingerprint density at radius 1 is 1.41 bits per heavy atom. The molecule has 2 rings (SSSR count).